The molecule has 0 radical (unpaired) electrons. The largest absolute Gasteiger partial charge is 0.480 e. The van der Waals surface area contributed by atoms with E-state index in [1.807, 2.05) is 18.7 Å². The number of aliphatic carboxylic acids is 1. The Kier molecular flexibility index (Phi) is 9.29. The molecule has 1 aromatic heterocycles. The lowest BCUT2D eigenvalue weighted by atomic mass is 10.0. The maximum atomic E-state index is 12.4. The number of likely N-dealkylation sites (tertiary alicyclic amines) is 1. The van der Waals surface area contributed by atoms with Crippen LogP contribution in [0.1, 0.15) is 26.7 Å². The van der Waals surface area contributed by atoms with E-state index in [0.29, 0.717) is 10.8 Å². The van der Waals surface area contributed by atoms with Crippen LogP contribution in [0.25, 0.3) is 0 Å². The highest BCUT2D eigenvalue weighted by atomic mass is 35.5. The minimum absolute atomic E-state index is 0. The third kappa shape index (κ3) is 6.39. The summed E-state index contributed by atoms with van der Waals surface area (Å²) in [5.74, 6) is -0.423. The summed E-state index contributed by atoms with van der Waals surface area (Å²) in [6.45, 7) is 6.17. The summed E-state index contributed by atoms with van der Waals surface area (Å²) in [6, 6.07) is 3.34. The van der Waals surface area contributed by atoms with Crippen molar-refractivity contribution in [1.29, 1.82) is 0 Å². The van der Waals surface area contributed by atoms with Gasteiger partial charge < -0.3 is 10.4 Å². The van der Waals surface area contributed by atoms with Crippen LogP contribution in [-0.4, -0.2) is 70.0 Å². The van der Waals surface area contributed by atoms with Gasteiger partial charge in [-0.1, -0.05) is 18.5 Å². The third-order valence-electron chi connectivity index (χ3n) is 4.67. The summed E-state index contributed by atoms with van der Waals surface area (Å²) in [5.41, 5.74) is 0. The quantitative estimate of drug-likeness (QED) is 0.725. The number of anilines is 1. The molecule has 1 aliphatic rings. The van der Waals surface area contributed by atoms with Gasteiger partial charge in [0.1, 0.15) is 5.82 Å². The molecule has 0 spiro atoms. The molecule has 1 aliphatic heterocycles. The van der Waals surface area contributed by atoms with Crippen LogP contribution < -0.4 is 5.32 Å². The maximum absolute atomic E-state index is 12.4. The fraction of sp³-hybridized carbons (Fsp3) is 0.588. The van der Waals surface area contributed by atoms with Gasteiger partial charge in [-0.15, -0.1) is 12.4 Å². The fourth-order valence-corrected chi connectivity index (χ4v) is 3.27. The predicted molar refractivity (Wildman–Crippen MR) is 104 cm³/mol. The molecule has 0 aromatic carbocycles. The summed E-state index contributed by atoms with van der Waals surface area (Å²) >= 11 is 5.79. The molecular formula is C17H26Cl2N4O3. The third-order valence-corrected chi connectivity index (χ3v) is 4.89. The zero-order valence-corrected chi connectivity index (χ0v) is 16.6. The van der Waals surface area contributed by atoms with Crippen LogP contribution in [0.4, 0.5) is 5.82 Å². The molecule has 7 nitrogen and oxygen atoms in total. The molecule has 2 N–H and O–H groups in total. The van der Waals surface area contributed by atoms with Gasteiger partial charge in [-0.3, -0.25) is 19.4 Å². The molecule has 26 heavy (non-hydrogen) atoms. The Morgan fingerprint density at radius 2 is 2.08 bits per heavy atom. The van der Waals surface area contributed by atoms with E-state index in [1.54, 1.807) is 12.1 Å². The Morgan fingerprint density at radius 1 is 1.42 bits per heavy atom. The van der Waals surface area contributed by atoms with Crippen molar-refractivity contribution in [3.05, 3.63) is 23.4 Å². The molecule has 1 atom stereocenters. The van der Waals surface area contributed by atoms with E-state index >= 15 is 0 Å². The SMILES string of the molecule is CCN(CC(=O)O)C1CCN(C(C)C(=O)Nc2ccc(Cl)cn2)CC1.Cl. The fourth-order valence-electron chi connectivity index (χ4n) is 3.16. The average molecular weight is 405 g/mol. The number of carbonyl (C=O) groups excluding carboxylic acids is 1. The maximum Gasteiger partial charge on any atom is 0.317 e. The van der Waals surface area contributed by atoms with Gasteiger partial charge in [0, 0.05) is 25.3 Å². The molecule has 2 heterocycles. The Labute approximate surface area is 165 Å². The van der Waals surface area contributed by atoms with Gasteiger partial charge in [0.25, 0.3) is 0 Å². The van der Waals surface area contributed by atoms with Crippen molar-refractivity contribution in [2.75, 3.05) is 31.5 Å². The number of rotatable bonds is 7. The van der Waals surface area contributed by atoms with Crippen LogP contribution in [0.2, 0.25) is 5.02 Å². The number of carbonyl (C=O) groups is 2. The average Bonchev–Trinajstić information content (AvgIpc) is 2.61. The molecule has 2 rings (SSSR count). The van der Waals surface area contributed by atoms with E-state index in [4.69, 9.17) is 16.7 Å². The highest BCUT2D eigenvalue weighted by Crippen LogP contribution is 2.19. The molecule has 0 bridgehead atoms. The first kappa shape index (κ1) is 22.6. The highest BCUT2D eigenvalue weighted by Gasteiger charge is 2.29. The zero-order chi connectivity index (χ0) is 18.4. The molecule has 1 saturated heterocycles. The first-order valence-corrected chi connectivity index (χ1v) is 8.90. The van der Waals surface area contributed by atoms with E-state index in [-0.39, 0.29) is 36.9 Å². The number of carboxylic acids is 1. The second-order valence-corrected chi connectivity index (χ2v) is 6.69. The number of pyridine rings is 1. The lowest BCUT2D eigenvalue weighted by molar-refractivity contribution is -0.139. The van der Waals surface area contributed by atoms with Crippen molar-refractivity contribution in [3.63, 3.8) is 0 Å². The molecule has 0 aliphatic carbocycles. The standard InChI is InChI=1S/C17H25ClN4O3.ClH/c1-3-21(11-16(23)24)14-6-8-22(9-7-14)12(2)17(25)20-15-5-4-13(18)10-19-15;/h4-5,10,12,14H,3,6-9,11H2,1-2H3,(H,23,24)(H,19,20,25);1H. The number of nitrogens with one attached hydrogen (secondary N) is 1. The Bertz CT molecular complexity index is 592. The number of halogens is 2. The topological polar surface area (TPSA) is 85.8 Å². The summed E-state index contributed by atoms with van der Waals surface area (Å²) in [5, 5.41) is 12.3. The Morgan fingerprint density at radius 3 is 2.58 bits per heavy atom. The first-order chi connectivity index (χ1) is 11.9. The van der Waals surface area contributed by atoms with Gasteiger partial charge in [-0.2, -0.15) is 0 Å². The number of amides is 1. The normalized spacial score (nSPS) is 16.8. The second-order valence-electron chi connectivity index (χ2n) is 6.25. The van der Waals surface area contributed by atoms with Gasteiger partial charge in [0.2, 0.25) is 5.91 Å². The second kappa shape index (κ2) is 10.7. The van der Waals surface area contributed by atoms with Gasteiger partial charge >= 0.3 is 5.97 Å². The van der Waals surface area contributed by atoms with Crippen LogP contribution in [0.3, 0.4) is 0 Å². The van der Waals surface area contributed by atoms with Crippen LogP contribution in [0.15, 0.2) is 18.3 Å². The molecule has 1 amide bonds. The Hall–Kier alpha value is -1.41. The van der Waals surface area contributed by atoms with E-state index in [2.05, 4.69) is 15.2 Å². The zero-order valence-electron chi connectivity index (χ0n) is 15.0. The number of likely N-dealkylation sites (N-methyl/N-ethyl adjacent to an activating group) is 1. The first-order valence-electron chi connectivity index (χ1n) is 8.53. The van der Waals surface area contributed by atoms with E-state index in [0.717, 1.165) is 32.5 Å². The number of hydrogen-bond acceptors (Lipinski definition) is 5. The van der Waals surface area contributed by atoms with Crippen molar-refractivity contribution < 1.29 is 14.7 Å². The monoisotopic (exact) mass is 404 g/mol. The summed E-state index contributed by atoms with van der Waals surface area (Å²) in [6.07, 6.45) is 3.21. The van der Waals surface area contributed by atoms with Gasteiger partial charge in [-0.05, 0) is 38.4 Å². The van der Waals surface area contributed by atoms with Crippen LogP contribution >= 0.6 is 24.0 Å². The number of hydrogen-bond donors (Lipinski definition) is 2. The van der Waals surface area contributed by atoms with Crippen LogP contribution in [0, 0.1) is 0 Å². The number of aromatic nitrogens is 1. The number of carboxylic acid groups (broad SMARTS) is 1. The van der Waals surface area contributed by atoms with Crippen molar-refractivity contribution in [3.8, 4) is 0 Å². The lowest BCUT2D eigenvalue weighted by Gasteiger charge is -2.39. The molecule has 0 saturated carbocycles. The molecule has 1 fully saturated rings. The van der Waals surface area contributed by atoms with E-state index in [1.165, 1.54) is 6.20 Å². The van der Waals surface area contributed by atoms with Gasteiger partial charge in [-0.25, -0.2) is 4.98 Å². The summed E-state index contributed by atoms with van der Waals surface area (Å²) < 4.78 is 0. The van der Waals surface area contributed by atoms with Crippen molar-refractivity contribution >= 4 is 41.7 Å². The lowest BCUT2D eigenvalue weighted by Crippen LogP contribution is -2.51. The summed E-state index contributed by atoms with van der Waals surface area (Å²) in [4.78, 5) is 31.5. The minimum Gasteiger partial charge on any atom is -0.480 e. The molecule has 1 unspecified atom stereocenters. The van der Waals surface area contributed by atoms with Gasteiger partial charge in [0.05, 0.1) is 17.6 Å². The summed E-state index contributed by atoms with van der Waals surface area (Å²) in [7, 11) is 0. The van der Waals surface area contributed by atoms with Crippen molar-refractivity contribution in [1.82, 2.24) is 14.8 Å². The van der Waals surface area contributed by atoms with Crippen LogP contribution in [0.5, 0.6) is 0 Å². The molecule has 9 heteroatoms. The van der Waals surface area contributed by atoms with Gasteiger partial charge in [0.15, 0.2) is 0 Å². The van der Waals surface area contributed by atoms with Crippen molar-refractivity contribution in [2.45, 2.75) is 38.8 Å². The number of nitrogens with zero attached hydrogens (tertiary/aromatic N) is 3. The highest BCUT2D eigenvalue weighted by molar-refractivity contribution is 6.30. The van der Waals surface area contributed by atoms with Crippen LogP contribution in [-0.2, 0) is 9.59 Å². The molecule has 1 aromatic rings. The molecule has 146 valence electrons. The predicted octanol–water partition coefficient (Wildman–Crippen LogP) is 2.35. The van der Waals surface area contributed by atoms with E-state index < -0.39 is 5.97 Å². The minimum atomic E-state index is -0.799. The van der Waals surface area contributed by atoms with Crippen molar-refractivity contribution in [2.24, 2.45) is 0 Å². The van der Waals surface area contributed by atoms with E-state index in [9.17, 15) is 9.59 Å². The number of piperidine rings is 1. The molecular weight excluding hydrogens is 379 g/mol. The Balaban J connectivity index is 0.00000338. The smallest absolute Gasteiger partial charge is 0.317 e.